The molecule has 0 saturated carbocycles. The lowest BCUT2D eigenvalue weighted by molar-refractivity contribution is -0.141. The van der Waals surface area contributed by atoms with E-state index >= 15 is 0 Å². The third-order valence-electron chi connectivity index (χ3n) is 2.65. The first-order chi connectivity index (χ1) is 9.95. The Morgan fingerprint density at radius 2 is 2.19 bits per heavy atom. The van der Waals surface area contributed by atoms with Crippen LogP contribution in [0.4, 0.5) is 0 Å². The molecule has 0 spiro atoms. The number of benzene rings is 1. The second-order valence-corrected chi connectivity index (χ2v) is 5.22. The molecular weight excluding hydrogens is 290 g/mol. The van der Waals surface area contributed by atoms with Gasteiger partial charge in [0.05, 0.1) is 6.10 Å². The average Bonchev–Trinajstić information content (AvgIpc) is 2.88. The van der Waals surface area contributed by atoms with E-state index in [1.807, 2.05) is 25.1 Å². The Balaban J connectivity index is 2.12. The van der Waals surface area contributed by atoms with Gasteiger partial charge in [0.25, 0.3) is 0 Å². The van der Waals surface area contributed by atoms with Crippen molar-refractivity contribution in [2.24, 2.45) is 0 Å². The van der Waals surface area contributed by atoms with E-state index in [0.717, 1.165) is 11.1 Å². The zero-order valence-electron chi connectivity index (χ0n) is 12.1. The first kappa shape index (κ1) is 15.3. The van der Waals surface area contributed by atoms with Crippen molar-refractivity contribution in [3.63, 3.8) is 0 Å². The topological polar surface area (TPSA) is 57.0 Å². The van der Waals surface area contributed by atoms with Gasteiger partial charge >= 0.3 is 5.97 Å². The number of halogens is 1. The molecule has 0 saturated heterocycles. The molecule has 110 valence electrons. The molecule has 0 unspecified atom stereocenters. The van der Waals surface area contributed by atoms with Crippen LogP contribution in [0.15, 0.2) is 30.6 Å². The van der Waals surface area contributed by atoms with E-state index in [2.05, 4.69) is 10.1 Å². The van der Waals surface area contributed by atoms with E-state index in [4.69, 9.17) is 16.3 Å². The Morgan fingerprint density at radius 3 is 2.86 bits per heavy atom. The number of ether oxygens (including phenoxy) is 1. The van der Waals surface area contributed by atoms with E-state index in [-0.39, 0.29) is 6.10 Å². The summed E-state index contributed by atoms with van der Waals surface area (Å²) in [7, 11) is 0. The van der Waals surface area contributed by atoms with Crippen molar-refractivity contribution in [2.45, 2.75) is 26.9 Å². The maximum atomic E-state index is 11.4. The van der Waals surface area contributed by atoms with Gasteiger partial charge in [-0.25, -0.2) is 14.5 Å². The van der Waals surface area contributed by atoms with Gasteiger partial charge in [0.15, 0.2) is 5.82 Å². The number of carbonyl (C=O) groups excluding carboxylic acids is 1. The van der Waals surface area contributed by atoms with Crippen molar-refractivity contribution in [2.75, 3.05) is 0 Å². The van der Waals surface area contributed by atoms with Crippen LogP contribution in [0.5, 0.6) is 0 Å². The third kappa shape index (κ3) is 4.16. The zero-order chi connectivity index (χ0) is 15.4. The van der Waals surface area contributed by atoms with Crippen LogP contribution in [-0.2, 0) is 9.53 Å². The van der Waals surface area contributed by atoms with Gasteiger partial charge in [-0.05, 0) is 32.4 Å². The van der Waals surface area contributed by atoms with Gasteiger partial charge in [-0.1, -0.05) is 23.7 Å². The van der Waals surface area contributed by atoms with Crippen LogP contribution >= 0.6 is 11.6 Å². The summed E-state index contributed by atoms with van der Waals surface area (Å²) < 4.78 is 6.44. The van der Waals surface area contributed by atoms with Crippen LogP contribution in [0.2, 0.25) is 5.02 Å². The average molecular weight is 306 g/mol. The highest BCUT2D eigenvalue weighted by molar-refractivity contribution is 6.31. The quantitative estimate of drug-likeness (QED) is 0.642. The van der Waals surface area contributed by atoms with Gasteiger partial charge < -0.3 is 4.74 Å². The predicted molar refractivity (Wildman–Crippen MR) is 81.8 cm³/mol. The van der Waals surface area contributed by atoms with Crippen LogP contribution in [0, 0.1) is 6.92 Å². The molecule has 0 N–H and O–H groups in total. The molecule has 1 aromatic carbocycles. The smallest absolute Gasteiger partial charge is 0.332 e. The number of carbonyl (C=O) groups is 1. The molecule has 1 heterocycles. The Hall–Kier alpha value is -2.14. The van der Waals surface area contributed by atoms with Crippen molar-refractivity contribution in [1.29, 1.82) is 0 Å². The molecule has 0 fully saturated rings. The third-order valence-corrected chi connectivity index (χ3v) is 3.06. The minimum Gasteiger partial charge on any atom is -0.460 e. The minimum absolute atomic E-state index is 0.150. The first-order valence-corrected chi connectivity index (χ1v) is 6.90. The molecule has 2 aromatic rings. The van der Waals surface area contributed by atoms with Gasteiger partial charge in [0, 0.05) is 22.9 Å². The van der Waals surface area contributed by atoms with Gasteiger partial charge in [-0.15, -0.1) is 5.10 Å². The van der Waals surface area contributed by atoms with E-state index in [9.17, 15) is 4.79 Å². The second-order valence-electron chi connectivity index (χ2n) is 4.81. The monoisotopic (exact) mass is 305 g/mol. The summed E-state index contributed by atoms with van der Waals surface area (Å²) in [4.78, 5) is 15.6. The van der Waals surface area contributed by atoms with Crippen LogP contribution in [0.3, 0.4) is 0 Å². The van der Waals surface area contributed by atoms with Gasteiger partial charge in [0.1, 0.15) is 6.33 Å². The molecule has 0 aliphatic heterocycles. The molecule has 5 nitrogen and oxygen atoms in total. The van der Waals surface area contributed by atoms with E-state index in [0.29, 0.717) is 10.8 Å². The largest absolute Gasteiger partial charge is 0.460 e. The lowest BCUT2D eigenvalue weighted by Crippen LogP contribution is -2.08. The summed E-state index contributed by atoms with van der Waals surface area (Å²) in [5, 5.41) is 4.92. The molecule has 0 aliphatic carbocycles. The standard InChI is InChI=1S/C15H16ClN3O2/c1-10(2)21-14(20)6-7-19-9-17-15(18-19)12-5-4-11(3)13(16)8-12/h4-10H,1-3H3/b7-6-. The summed E-state index contributed by atoms with van der Waals surface area (Å²) in [6, 6.07) is 5.62. The van der Waals surface area contributed by atoms with Crippen LogP contribution in [-0.4, -0.2) is 26.8 Å². The molecule has 0 aliphatic rings. The lowest BCUT2D eigenvalue weighted by atomic mass is 10.1. The van der Waals surface area contributed by atoms with Crippen molar-refractivity contribution in [1.82, 2.24) is 14.8 Å². The van der Waals surface area contributed by atoms with Crippen LogP contribution < -0.4 is 0 Å². The molecule has 0 radical (unpaired) electrons. The van der Waals surface area contributed by atoms with Crippen LogP contribution in [0.25, 0.3) is 17.6 Å². The van der Waals surface area contributed by atoms with Crippen molar-refractivity contribution in [3.8, 4) is 11.4 Å². The molecule has 2 rings (SSSR count). The fourth-order valence-electron chi connectivity index (χ4n) is 1.62. The summed E-state index contributed by atoms with van der Waals surface area (Å²) in [5.74, 6) is 0.124. The Bertz CT molecular complexity index is 677. The number of rotatable bonds is 4. The normalized spacial score (nSPS) is 11.3. The van der Waals surface area contributed by atoms with Crippen molar-refractivity contribution < 1.29 is 9.53 Å². The molecule has 21 heavy (non-hydrogen) atoms. The fourth-order valence-corrected chi connectivity index (χ4v) is 1.80. The molecule has 6 heteroatoms. The van der Waals surface area contributed by atoms with Crippen molar-refractivity contribution >= 4 is 23.8 Å². The molecule has 0 atom stereocenters. The second kappa shape index (κ2) is 6.54. The lowest BCUT2D eigenvalue weighted by Gasteiger charge is -2.03. The van der Waals surface area contributed by atoms with Gasteiger partial charge in [0.2, 0.25) is 0 Å². The molecule has 1 aromatic heterocycles. The molecular formula is C15H16ClN3O2. The van der Waals surface area contributed by atoms with Crippen LogP contribution in [0.1, 0.15) is 19.4 Å². The summed E-state index contributed by atoms with van der Waals surface area (Å²) in [6.45, 7) is 5.52. The highest BCUT2D eigenvalue weighted by Gasteiger charge is 2.06. The maximum Gasteiger partial charge on any atom is 0.332 e. The molecule has 0 amide bonds. The highest BCUT2D eigenvalue weighted by Crippen LogP contribution is 2.22. The first-order valence-electron chi connectivity index (χ1n) is 6.52. The highest BCUT2D eigenvalue weighted by atomic mass is 35.5. The summed E-state index contributed by atoms with van der Waals surface area (Å²) >= 11 is 6.08. The maximum absolute atomic E-state index is 11.4. The fraction of sp³-hybridized carbons (Fsp3) is 0.267. The number of hydrogen-bond donors (Lipinski definition) is 0. The number of esters is 1. The SMILES string of the molecule is Cc1ccc(-c2ncn(/C=C\C(=O)OC(C)C)n2)cc1Cl. The Kier molecular flexibility index (Phi) is 4.75. The van der Waals surface area contributed by atoms with Crippen molar-refractivity contribution in [3.05, 3.63) is 41.2 Å². The number of nitrogens with zero attached hydrogens (tertiary/aromatic N) is 3. The summed E-state index contributed by atoms with van der Waals surface area (Å²) in [6.07, 6.45) is 4.17. The minimum atomic E-state index is -0.416. The molecule has 0 bridgehead atoms. The predicted octanol–water partition coefficient (Wildman–Crippen LogP) is 3.33. The number of aromatic nitrogens is 3. The number of hydrogen-bond acceptors (Lipinski definition) is 4. The Morgan fingerprint density at radius 1 is 1.43 bits per heavy atom. The van der Waals surface area contributed by atoms with E-state index in [1.54, 1.807) is 13.8 Å². The zero-order valence-corrected chi connectivity index (χ0v) is 12.8. The summed E-state index contributed by atoms with van der Waals surface area (Å²) in [5.41, 5.74) is 1.82. The van der Waals surface area contributed by atoms with Gasteiger partial charge in [-0.2, -0.15) is 0 Å². The van der Waals surface area contributed by atoms with Gasteiger partial charge in [-0.3, -0.25) is 0 Å². The Labute approximate surface area is 128 Å². The van der Waals surface area contributed by atoms with E-state index < -0.39 is 5.97 Å². The number of aryl methyl sites for hydroxylation is 1. The van der Waals surface area contributed by atoms with E-state index in [1.165, 1.54) is 23.3 Å².